The maximum atomic E-state index is 8.25. The van der Waals surface area contributed by atoms with Crippen LogP contribution in [0.25, 0.3) is 0 Å². The van der Waals surface area contributed by atoms with Crippen molar-refractivity contribution in [3.05, 3.63) is 44.6 Å². The van der Waals surface area contributed by atoms with Crippen LogP contribution in [0.3, 0.4) is 0 Å². The number of guanidine groups is 1. The second kappa shape index (κ2) is 6.44. The van der Waals surface area contributed by atoms with E-state index in [1.807, 2.05) is 0 Å². The number of nitrogens with zero attached hydrogens (tertiary/aromatic N) is 2. The van der Waals surface area contributed by atoms with Gasteiger partial charge in [0.2, 0.25) is 0 Å². The zero-order chi connectivity index (χ0) is 11.8. The third-order valence-electron chi connectivity index (χ3n) is 1.08. The Balaban J connectivity index is 0.000000423. The number of hydrogen-bond acceptors (Lipinski definition) is 4. The van der Waals surface area contributed by atoms with E-state index in [4.69, 9.17) is 38.4 Å². The topological polar surface area (TPSA) is 131 Å². The van der Waals surface area contributed by atoms with Gasteiger partial charge in [-0.05, 0) is 24.3 Å². The second-order valence-corrected chi connectivity index (χ2v) is 2.67. The Hall–Kier alpha value is -2.02. The normalized spacial score (nSPS) is 8.33. The lowest BCUT2D eigenvalue weighted by atomic mass is 10.3. The molecule has 0 aliphatic rings. The highest BCUT2D eigenvalue weighted by molar-refractivity contribution is 6.30. The van der Waals surface area contributed by atoms with Gasteiger partial charge < -0.3 is 26.8 Å². The smallest absolute Gasteiger partial charge is 0.191 e. The summed E-state index contributed by atoms with van der Waals surface area (Å²) in [6.07, 6.45) is 0. The standard InChI is InChI=1S/C7H8ClN3.NO3/c8-5-1-3-6(4-2-5)11-7(9)10;2-1(3)4/h1-4H,(H4,9,10,11);/q;-1. The van der Waals surface area contributed by atoms with Gasteiger partial charge in [-0.2, -0.15) is 0 Å². The first-order valence-corrected chi connectivity index (χ1v) is 3.96. The maximum Gasteiger partial charge on any atom is 0.191 e. The predicted octanol–water partition coefficient (Wildman–Crippen LogP) is 1.01. The molecule has 0 aromatic heterocycles. The second-order valence-electron chi connectivity index (χ2n) is 2.24. The maximum absolute atomic E-state index is 8.25. The van der Waals surface area contributed by atoms with Crippen LogP contribution in [0.1, 0.15) is 0 Å². The Morgan fingerprint density at radius 2 is 1.67 bits per heavy atom. The van der Waals surface area contributed by atoms with E-state index in [0.717, 1.165) is 0 Å². The summed E-state index contributed by atoms with van der Waals surface area (Å²) in [4.78, 5) is 12.1. The van der Waals surface area contributed by atoms with Crippen molar-refractivity contribution in [1.29, 1.82) is 0 Å². The molecule has 0 atom stereocenters. The monoisotopic (exact) mass is 231 g/mol. The molecular formula is C7H8ClN4O3-. The van der Waals surface area contributed by atoms with Crippen molar-refractivity contribution in [1.82, 2.24) is 0 Å². The number of halogens is 1. The number of benzene rings is 1. The highest BCUT2D eigenvalue weighted by atomic mass is 35.5. The molecular weight excluding hydrogens is 224 g/mol. The van der Waals surface area contributed by atoms with Crippen LogP contribution >= 0.6 is 11.6 Å². The Morgan fingerprint density at radius 1 is 1.27 bits per heavy atom. The molecule has 0 unspecified atom stereocenters. The van der Waals surface area contributed by atoms with Gasteiger partial charge in [0.1, 0.15) is 0 Å². The van der Waals surface area contributed by atoms with E-state index in [1.165, 1.54) is 0 Å². The highest BCUT2D eigenvalue weighted by Gasteiger charge is 1.88. The van der Waals surface area contributed by atoms with Crippen LogP contribution in [0.2, 0.25) is 5.02 Å². The van der Waals surface area contributed by atoms with Gasteiger partial charge in [0.15, 0.2) is 5.96 Å². The zero-order valence-corrected chi connectivity index (χ0v) is 8.22. The fourth-order valence-electron chi connectivity index (χ4n) is 0.665. The lowest BCUT2D eigenvalue weighted by molar-refractivity contribution is -0.402. The molecule has 1 rings (SSSR count). The third-order valence-corrected chi connectivity index (χ3v) is 1.34. The first-order valence-electron chi connectivity index (χ1n) is 3.58. The Kier molecular flexibility index (Phi) is 5.57. The molecule has 1 aromatic rings. The van der Waals surface area contributed by atoms with Gasteiger partial charge in [0.25, 0.3) is 0 Å². The molecule has 0 saturated carbocycles. The molecule has 0 saturated heterocycles. The SMILES string of the molecule is NC(N)=Nc1ccc(Cl)cc1.O=[N+]([O-])[O-]. The fraction of sp³-hybridized carbons (Fsp3) is 0. The molecule has 1 aromatic carbocycles. The van der Waals surface area contributed by atoms with Gasteiger partial charge in [-0.25, -0.2) is 4.99 Å². The van der Waals surface area contributed by atoms with E-state index >= 15 is 0 Å². The molecule has 4 N–H and O–H groups in total. The molecule has 0 bridgehead atoms. The number of aliphatic imine (C=N–C) groups is 1. The number of nitrogens with two attached hydrogens (primary N) is 2. The summed E-state index contributed by atoms with van der Waals surface area (Å²) in [6.45, 7) is 0. The van der Waals surface area contributed by atoms with Gasteiger partial charge in [-0.15, -0.1) is 0 Å². The van der Waals surface area contributed by atoms with Crippen LogP contribution in [0.15, 0.2) is 29.3 Å². The van der Waals surface area contributed by atoms with Crippen LogP contribution in [-0.4, -0.2) is 11.0 Å². The lowest BCUT2D eigenvalue weighted by Crippen LogP contribution is -2.21. The third kappa shape index (κ3) is 8.31. The van der Waals surface area contributed by atoms with Crippen molar-refractivity contribution in [3.63, 3.8) is 0 Å². The Morgan fingerprint density at radius 3 is 2.00 bits per heavy atom. The van der Waals surface area contributed by atoms with Crippen LogP contribution in [0, 0.1) is 15.3 Å². The number of rotatable bonds is 1. The average molecular weight is 232 g/mol. The van der Waals surface area contributed by atoms with Gasteiger partial charge in [0, 0.05) is 5.02 Å². The van der Waals surface area contributed by atoms with E-state index in [9.17, 15) is 0 Å². The van der Waals surface area contributed by atoms with E-state index in [1.54, 1.807) is 24.3 Å². The average Bonchev–Trinajstić information content (AvgIpc) is 2.07. The lowest BCUT2D eigenvalue weighted by Gasteiger charge is -1.93. The summed E-state index contributed by atoms with van der Waals surface area (Å²) in [6, 6.07) is 6.93. The first-order chi connectivity index (χ1) is 6.91. The molecule has 8 heteroatoms. The molecule has 15 heavy (non-hydrogen) atoms. The first kappa shape index (κ1) is 13.0. The van der Waals surface area contributed by atoms with Crippen LogP contribution < -0.4 is 11.5 Å². The van der Waals surface area contributed by atoms with Crippen molar-refractivity contribution in [2.24, 2.45) is 16.5 Å². The Bertz CT molecular complexity index is 344. The summed E-state index contributed by atoms with van der Waals surface area (Å²) in [7, 11) is 0. The van der Waals surface area contributed by atoms with E-state index in [0.29, 0.717) is 10.7 Å². The molecule has 0 amide bonds. The van der Waals surface area contributed by atoms with Crippen LogP contribution in [0.5, 0.6) is 0 Å². The molecule has 0 aliphatic heterocycles. The molecule has 0 fully saturated rings. The van der Waals surface area contributed by atoms with Gasteiger partial charge in [-0.1, -0.05) is 11.6 Å². The predicted molar refractivity (Wildman–Crippen MR) is 57.3 cm³/mol. The van der Waals surface area contributed by atoms with Crippen molar-refractivity contribution in [3.8, 4) is 0 Å². The summed E-state index contributed by atoms with van der Waals surface area (Å²) in [5.41, 5.74) is 11.0. The van der Waals surface area contributed by atoms with Gasteiger partial charge >= 0.3 is 0 Å². The molecule has 0 heterocycles. The summed E-state index contributed by atoms with van der Waals surface area (Å²) >= 11 is 5.64. The quantitative estimate of drug-likeness (QED) is 0.322. The van der Waals surface area contributed by atoms with E-state index in [-0.39, 0.29) is 5.96 Å². The molecule has 0 aliphatic carbocycles. The summed E-state index contributed by atoms with van der Waals surface area (Å²) < 4.78 is 0. The molecule has 0 radical (unpaired) electrons. The number of hydrogen-bond donors (Lipinski definition) is 2. The van der Waals surface area contributed by atoms with E-state index in [2.05, 4.69) is 4.99 Å². The van der Waals surface area contributed by atoms with Crippen molar-refractivity contribution in [2.45, 2.75) is 0 Å². The van der Waals surface area contributed by atoms with Crippen molar-refractivity contribution >= 4 is 23.2 Å². The summed E-state index contributed by atoms with van der Waals surface area (Å²) in [5.74, 6) is 0.0484. The van der Waals surface area contributed by atoms with E-state index < -0.39 is 5.09 Å². The summed E-state index contributed by atoms with van der Waals surface area (Å²) in [5, 5.41) is 15.4. The van der Waals surface area contributed by atoms with Crippen molar-refractivity contribution in [2.75, 3.05) is 0 Å². The van der Waals surface area contributed by atoms with Crippen LogP contribution in [-0.2, 0) is 0 Å². The van der Waals surface area contributed by atoms with Gasteiger partial charge in [0.05, 0.1) is 10.8 Å². The van der Waals surface area contributed by atoms with Crippen molar-refractivity contribution < 1.29 is 5.09 Å². The van der Waals surface area contributed by atoms with Crippen LogP contribution in [0.4, 0.5) is 5.69 Å². The zero-order valence-electron chi connectivity index (χ0n) is 7.46. The molecule has 7 nitrogen and oxygen atoms in total. The minimum absolute atomic E-state index is 0.0484. The minimum Gasteiger partial charge on any atom is -0.370 e. The molecule has 0 spiro atoms. The van der Waals surface area contributed by atoms with Gasteiger partial charge in [-0.3, -0.25) is 0 Å². The fourth-order valence-corrected chi connectivity index (χ4v) is 0.791. The largest absolute Gasteiger partial charge is 0.370 e. The minimum atomic E-state index is -1.75. The highest BCUT2D eigenvalue weighted by Crippen LogP contribution is 2.15. The Labute approximate surface area is 90.1 Å². The molecule has 82 valence electrons.